The molecule has 0 saturated carbocycles. The van der Waals surface area contributed by atoms with E-state index in [9.17, 15) is 0 Å². The number of guanidine groups is 1. The van der Waals surface area contributed by atoms with Crippen molar-refractivity contribution in [3.63, 3.8) is 0 Å². The van der Waals surface area contributed by atoms with Crippen LogP contribution in [0.2, 0.25) is 5.15 Å². The Morgan fingerprint density at radius 1 is 1.62 bits per heavy atom. The molecule has 1 aliphatic heterocycles. The third-order valence-corrected chi connectivity index (χ3v) is 1.96. The molecule has 16 heavy (non-hydrogen) atoms. The molecule has 7 heteroatoms. The van der Waals surface area contributed by atoms with E-state index in [1.54, 1.807) is 0 Å². The monoisotopic (exact) mass is 248 g/mol. The summed E-state index contributed by atoms with van der Waals surface area (Å²) in [5.74, 6) is -0.531. The zero-order valence-electron chi connectivity index (χ0n) is 15.1. The maximum atomic E-state index is 7.51. The van der Waals surface area contributed by atoms with Crippen molar-refractivity contribution in [1.29, 1.82) is 0 Å². The highest BCUT2D eigenvalue weighted by atomic mass is 35.5. The molecule has 1 aliphatic rings. The molecule has 1 aromatic rings. The van der Waals surface area contributed by atoms with Crippen LogP contribution in [0.1, 0.15) is 15.4 Å². The normalized spacial score (nSPS) is 27.9. The lowest BCUT2D eigenvalue weighted by Gasteiger charge is -2.11. The molecule has 0 saturated heterocycles. The van der Waals surface area contributed by atoms with Crippen LogP contribution in [0.25, 0.3) is 0 Å². The van der Waals surface area contributed by atoms with Crippen molar-refractivity contribution >= 4 is 23.2 Å². The van der Waals surface area contributed by atoms with E-state index in [1.165, 1.54) is 6.92 Å². The van der Waals surface area contributed by atoms with Gasteiger partial charge in [0.1, 0.15) is 11.5 Å². The number of aliphatic imine (C=N–C) groups is 1. The number of ether oxygens (including phenoxy) is 1. The number of rotatable bonds is 2. The van der Waals surface area contributed by atoms with Gasteiger partial charge in [-0.25, -0.2) is 4.98 Å². The lowest BCUT2D eigenvalue weighted by atomic mass is 10.4. The minimum atomic E-state index is -2.80. The van der Waals surface area contributed by atoms with Crippen LogP contribution in [0.5, 0.6) is 5.88 Å². The van der Waals surface area contributed by atoms with Crippen molar-refractivity contribution in [3.8, 4) is 5.88 Å². The van der Waals surface area contributed by atoms with E-state index in [1.807, 2.05) is 0 Å². The predicted molar refractivity (Wildman–Crippen MR) is 62.3 cm³/mol. The number of hydrogen-bond acceptors (Lipinski definition) is 6. The van der Waals surface area contributed by atoms with E-state index >= 15 is 0 Å². The summed E-state index contributed by atoms with van der Waals surface area (Å²) in [5.41, 5.74) is -0.173. The Kier molecular flexibility index (Phi) is 1.46. The van der Waals surface area contributed by atoms with Crippen LogP contribution >= 0.6 is 11.6 Å². The van der Waals surface area contributed by atoms with Crippen LogP contribution in [0.15, 0.2) is 4.99 Å². The van der Waals surface area contributed by atoms with Gasteiger partial charge in [-0.15, -0.1) is 0 Å². The molecule has 2 heterocycles. The van der Waals surface area contributed by atoms with Crippen molar-refractivity contribution in [1.82, 2.24) is 15.3 Å². The first-order valence-electron chi connectivity index (χ1n) is 7.69. The summed E-state index contributed by atoms with van der Waals surface area (Å²) in [4.78, 5) is 11.2. The van der Waals surface area contributed by atoms with Crippen molar-refractivity contribution in [2.24, 2.45) is 4.99 Å². The lowest BCUT2D eigenvalue weighted by Crippen LogP contribution is -2.26. The highest BCUT2D eigenvalue weighted by Gasteiger charge is 2.15. The third kappa shape index (κ3) is 2.16. The molecular formula is C9H12ClN5O. The largest absolute Gasteiger partial charge is 0.479 e. The van der Waals surface area contributed by atoms with Gasteiger partial charge in [0.05, 0.1) is 23.1 Å². The standard InChI is InChI=1S/C9H12ClN5O/c1-5-13-7(10)6(8(14-5)16-2)15-9-11-3-4-12-9/h3-4H2,1-2H3,(H2,11,12,15)/i2D3,3D2,4D2. The third-order valence-electron chi connectivity index (χ3n) is 1.69. The average molecular weight is 249 g/mol. The van der Waals surface area contributed by atoms with Crippen LogP contribution in [-0.2, 0) is 0 Å². The Morgan fingerprint density at radius 2 is 2.50 bits per heavy atom. The zero-order valence-corrected chi connectivity index (χ0v) is 8.88. The fourth-order valence-corrected chi connectivity index (χ4v) is 1.32. The molecule has 0 spiro atoms. The maximum absolute atomic E-state index is 7.51. The van der Waals surface area contributed by atoms with Gasteiger partial charge in [-0.1, -0.05) is 11.6 Å². The maximum Gasteiger partial charge on any atom is 0.242 e. The molecule has 86 valence electrons. The van der Waals surface area contributed by atoms with E-state index < -0.39 is 20.0 Å². The second-order valence-electron chi connectivity index (χ2n) is 2.79. The molecule has 0 bridgehead atoms. The molecular weight excluding hydrogens is 230 g/mol. The van der Waals surface area contributed by atoms with Gasteiger partial charge in [-0.2, -0.15) is 4.98 Å². The lowest BCUT2D eigenvalue weighted by molar-refractivity contribution is 0.398. The predicted octanol–water partition coefficient (Wildman–Crippen LogP) is 0.818. The molecule has 6 nitrogen and oxygen atoms in total. The van der Waals surface area contributed by atoms with Crippen LogP contribution in [0.3, 0.4) is 0 Å². The second-order valence-corrected chi connectivity index (χ2v) is 3.15. The van der Waals surface area contributed by atoms with Crippen molar-refractivity contribution in [2.75, 3.05) is 25.3 Å². The van der Waals surface area contributed by atoms with Gasteiger partial charge in [-0.3, -0.25) is 4.99 Å². The number of hydrogen-bond donors (Lipinski definition) is 2. The van der Waals surface area contributed by atoms with Crippen molar-refractivity contribution in [2.45, 2.75) is 6.92 Å². The summed E-state index contributed by atoms with van der Waals surface area (Å²) in [6.45, 7) is -3.51. The summed E-state index contributed by atoms with van der Waals surface area (Å²) < 4.78 is 56.1. The van der Waals surface area contributed by atoms with Gasteiger partial charge < -0.3 is 15.4 Å². The Hall–Kier alpha value is -1.56. The number of aromatic nitrogens is 2. The summed E-state index contributed by atoms with van der Waals surface area (Å²) in [5, 5.41) is 4.47. The first-order valence-corrected chi connectivity index (χ1v) is 4.57. The zero-order chi connectivity index (χ0) is 17.6. The molecule has 0 amide bonds. The van der Waals surface area contributed by atoms with E-state index in [-0.39, 0.29) is 28.5 Å². The van der Waals surface area contributed by atoms with Crippen molar-refractivity contribution < 1.29 is 14.3 Å². The van der Waals surface area contributed by atoms with E-state index in [2.05, 4.69) is 25.6 Å². The quantitative estimate of drug-likeness (QED) is 0.759. The first kappa shape index (κ1) is 5.18. The highest BCUT2D eigenvalue weighted by molar-refractivity contribution is 6.32. The molecule has 2 rings (SSSR count). The number of anilines is 1. The van der Waals surface area contributed by atoms with Gasteiger partial charge in [0.25, 0.3) is 0 Å². The SMILES string of the molecule is [2H]C([2H])([2H])Oc1nc(C)nc(Cl)c1NC1=NC([2H])([2H])C([2H])([2H])N1. The van der Waals surface area contributed by atoms with Crippen LogP contribution in [0.4, 0.5) is 5.69 Å². The number of halogens is 1. The number of methoxy groups -OCH3 is 1. The molecule has 0 aliphatic carbocycles. The molecule has 1 aromatic heterocycles. The minimum Gasteiger partial charge on any atom is -0.479 e. The Labute approximate surface area is 108 Å². The average Bonchev–Trinajstić information content (AvgIpc) is 2.50. The molecule has 0 fully saturated rings. The van der Waals surface area contributed by atoms with Gasteiger partial charge >= 0.3 is 0 Å². The second kappa shape index (κ2) is 4.52. The van der Waals surface area contributed by atoms with Crippen LogP contribution in [0, 0.1) is 6.92 Å². The highest BCUT2D eigenvalue weighted by Crippen LogP contribution is 2.28. The summed E-state index contributed by atoms with van der Waals surface area (Å²) >= 11 is 5.94. The number of nitrogens with zero attached hydrogens (tertiary/aromatic N) is 3. The number of aryl methyl sites for hydroxylation is 1. The topological polar surface area (TPSA) is 71.4 Å². The molecule has 0 aromatic carbocycles. The Morgan fingerprint density at radius 3 is 3.19 bits per heavy atom. The fraction of sp³-hybridized carbons (Fsp3) is 0.444. The summed E-state index contributed by atoms with van der Waals surface area (Å²) in [6, 6.07) is 0. The Balaban J connectivity index is 2.37. The van der Waals surface area contributed by atoms with E-state index in [4.69, 9.17) is 25.9 Å². The van der Waals surface area contributed by atoms with Crippen molar-refractivity contribution in [3.05, 3.63) is 11.0 Å². The smallest absolute Gasteiger partial charge is 0.242 e. The number of nitrogens with one attached hydrogen (secondary N) is 2. The Bertz CT molecular complexity index is 662. The van der Waals surface area contributed by atoms with Gasteiger partial charge in [-0.05, 0) is 6.92 Å². The van der Waals surface area contributed by atoms with Gasteiger partial charge in [0, 0.05) is 6.50 Å². The first-order chi connectivity index (χ1) is 10.3. The molecule has 2 N–H and O–H groups in total. The van der Waals surface area contributed by atoms with Crippen LogP contribution < -0.4 is 15.4 Å². The molecule has 0 unspecified atom stereocenters. The summed E-state index contributed by atoms with van der Waals surface area (Å²) in [6.07, 6.45) is 0. The minimum absolute atomic E-state index is 0.159. The summed E-state index contributed by atoms with van der Waals surface area (Å²) in [7, 11) is -2.80. The van der Waals surface area contributed by atoms with E-state index in [0.717, 1.165) is 0 Å². The molecule has 0 radical (unpaired) electrons. The van der Waals surface area contributed by atoms with Gasteiger partial charge in [0.15, 0.2) is 11.1 Å². The van der Waals surface area contributed by atoms with E-state index in [0.29, 0.717) is 0 Å². The van der Waals surface area contributed by atoms with Crippen LogP contribution in [-0.4, -0.2) is 36.0 Å². The molecule has 0 atom stereocenters. The van der Waals surface area contributed by atoms with Gasteiger partial charge in [0.2, 0.25) is 5.88 Å². The fourth-order valence-electron chi connectivity index (χ4n) is 1.07.